The van der Waals surface area contributed by atoms with Crippen molar-refractivity contribution in [2.75, 3.05) is 37.7 Å². The Morgan fingerprint density at radius 1 is 1.05 bits per heavy atom. The molecule has 206 valence electrons. The number of hydrogen-bond donors (Lipinski definition) is 1. The van der Waals surface area contributed by atoms with Crippen LogP contribution in [0, 0.1) is 0 Å². The molecule has 5 rings (SSSR count). The number of alkyl halides is 3. The van der Waals surface area contributed by atoms with Crippen LogP contribution >= 0.6 is 0 Å². The maximum atomic E-state index is 14.1. The largest absolute Gasteiger partial charge is 0.493 e. The number of halogens is 3. The van der Waals surface area contributed by atoms with Crippen molar-refractivity contribution in [1.29, 1.82) is 0 Å². The van der Waals surface area contributed by atoms with Gasteiger partial charge in [-0.25, -0.2) is 15.0 Å². The molecule has 0 unspecified atom stereocenters. The first-order valence-electron chi connectivity index (χ1n) is 13.1. The van der Waals surface area contributed by atoms with Crippen molar-refractivity contribution >= 4 is 11.7 Å². The number of pyridine rings is 3. The summed E-state index contributed by atoms with van der Waals surface area (Å²) in [6.07, 6.45) is 0.0222. The van der Waals surface area contributed by atoms with Gasteiger partial charge in [-0.05, 0) is 56.0 Å². The van der Waals surface area contributed by atoms with E-state index in [4.69, 9.17) is 14.5 Å². The fourth-order valence-electron chi connectivity index (χ4n) is 5.34. The molecule has 0 aromatic carbocycles. The second kappa shape index (κ2) is 10.7. The first kappa shape index (κ1) is 26.7. The SMILES string of the molecule is CCCOc1ccnc(N2CCC3(CC2)CNC(=O)c2nc(-c4cccnc4OCC)ccc23)c1C(F)(F)F. The number of amides is 1. The number of anilines is 1. The van der Waals surface area contributed by atoms with E-state index in [0.29, 0.717) is 68.3 Å². The number of hydrogen-bond acceptors (Lipinski definition) is 7. The predicted molar refractivity (Wildman–Crippen MR) is 139 cm³/mol. The van der Waals surface area contributed by atoms with Gasteiger partial charge in [-0.2, -0.15) is 13.2 Å². The molecule has 1 amide bonds. The van der Waals surface area contributed by atoms with E-state index in [-0.39, 0.29) is 24.1 Å². The highest BCUT2D eigenvalue weighted by Crippen LogP contribution is 2.45. The number of carbonyl (C=O) groups excluding carboxylic acids is 1. The van der Waals surface area contributed by atoms with Crippen LogP contribution in [-0.2, 0) is 11.6 Å². The van der Waals surface area contributed by atoms with Crippen molar-refractivity contribution in [3.63, 3.8) is 0 Å². The molecule has 0 saturated carbocycles. The van der Waals surface area contributed by atoms with Crippen LogP contribution in [0.4, 0.5) is 19.0 Å². The molecule has 3 aromatic heterocycles. The van der Waals surface area contributed by atoms with Gasteiger partial charge >= 0.3 is 6.18 Å². The van der Waals surface area contributed by atoms with Crippen LogP contribution < -0.4 is 19.7 Å². The molecule has 0 aliphatic carbocycles. The predicted octanol–water partition coefficient (Wildman–Crippen LogP) is 5.03. The van der Waals surface area contributed by atoms with Crippen molar-refractivity contribution in [3.8, 4) is 22.9 Å². The third kappa shape index (κ3) is 5.09. The molecule has 0 bridgehead atoms. The highest BCUT2D eigenvalue weighted by molar-refractivity contribution is 5.96. The second-order valence-corrected chi connectivity index (χ2v) is 9.69. The zero-order valence-electron chi connectivity index (χ0n) is 21.8. The van der Waals surface area contributed by atoms with E-state index in [0.717, 1.165) is 5.56 Å². The number of rotatable bonds is 7. The first-order chi connectivity index (χ1) is 18.8. The van der Waals surface area contributed by atoms with Crippen LogP contribution in [0.2, 0.25) is 0 Å². The number of ether oxygens (including phenoxy) is 2. The molecule has 1 spiro atoms. The highest BCUT2D eigenvalue weighted by atomic mass is 19.4. The highest BCUT2D eigenvalue weighted by Gasteiger charge is 2.45. The molecular formula is C28H30F3N5O3. The third-order valence-corrected chi connectivity index (χ3v) is 7.26. The van der Waals surface area contributed by atoms with Gasteiger partial charge in [0.25, 0.3) is 5.91 Å². The summed E-state index contributed by atoms with van der Waals surface area (Å²) in [7, 11) is 0. The molecule has 39 heavy (non-hydrogen) atoms. The topological polar surface area (TPSA) is 89.5 Å². The first-order valence-corrected chi connectivity index (χ1v) is 13.1. The fraction of sp³-hybridized carbons (Fsp3) is 0.429. The zero-order chi connectivity index (χ0) is 27.6. The van der Waals surface area contributed by atoms with Gasteiger partial charge in [0, 0.05) is 37.4 Å². The standard InChI is InChI=1S/C28H30F3N5O3/c1-3-16-39-21-9-13-32-24(22(21)28(29,30)31)36-14-10-27(11-15-36)17-34-25(37)23-19(27)7-8-20(35-23)18-6-5-12-33-26(18)38-4-2/h5-9,12-13H,3-4,10-11,14-17H2,1-2H3,(H,34,37). The van der Waals surface area contributed by atoms with E-state index in [9.17, 15) is 18.0 Å². The average Bonchev–Trinajstić information content (AvgIpc) is 2.94. The molecule has 0 atom stereocenters. The van der Waals surface area contributed by atoms with Gasteiger partial charge in [-0.3, -0.25) is 4.79 Å². The molecule has 2 aliphatic heterocycles. The lowest BCUT2D eigenvalue weighted by molar-refractivity contribution is -0.138. The number of nitrogens with zero attached hydrogens (tertiary/aromatic N) is 4. The molecule has 5 heterocycles. The lowest BCUT2D eigenvalue weighted by Gasteiger charge is -2.45. The van der Waals surface area contributed by atoms with Crippen molar-refractivity contribution in [1.82, 2.24) is 20.3 Å². The average molecular weight is 542 g/mol. The Morgan fingerprint density at radius 3 is 2.56 bits per heavy atom. The molecule has 3 aromatic rings. The van der Waals surface area contributed by atoms with E-state index in [1.807, 2.05) is 32.0 Å². The minimum atomic E-state index is -4.61. The van der Waals surface area contributed by atoms with Gasteiger partial charge in [0.15, 0.2) is 0 Å². The molecule has 8 nitrogen and oxygen atoms in total. The molecule has 1 N–H and O–H groups in total. The van der Waals surface area contributed by atoms with Crippen molar-refractivity contribution in [2.24, 2.45) is 0 Å². The van der Waals surface area contributed by atoms with E-state index < -0.39 is 17.2 Å². The number of piperidine rings is 1. The van der Waals surface area contributed by atoms with E-state index in [2.05, 4.69) is 15.3 Å². The summed E-state index contributed by atoms with van der Waals surface area (Å²) in [5.41, 5.74) is 1.08. The van der Waals surface area contributed by atoms with Gasteiger partial charge in [-0.1, -0.05) is 13.0 Å². The molecule has 1 saturated heterocycles. The normalized spacial score (nSPS) is 16.5. The van der Waals surface area contributed by atoms with Crippen LogP contribution in [0.5, 0.6) is 11.6 Å². The molecule has 11 heteroatoms. The summed E-state index contributed by atoms with van der Waals surface area (Å²) in [6.45, 7) is 5.39. The molecule has 2 aliphatic rings. The van der Waals surface area contributed by atoms with Crippen LogP contribution in [0.1, 0.15) is 54.7 Å². The lowest BCUT2D eigenvalue weighted by atomic mass is 9.70. The smallest absolute Gasteiger partial charge is 0.423 e. The van der Waals surface area contributed by atoms with Gasteiger partial charge in [0.2, 0.25) is 5.88 Å². The maximum Gasteiger partial charge on any atom is 0.423 e. The minimum absolute atomic E-state index is 0.125. The summed E-state index contributed by atoms with van der Waals surface area (Å²) < 4.78 is 53.4. The Bertz CT molecular complexity index is 1360. The Kier molecular flexibility index (Phi) is 7.33. The van der Waals surface area contributed by atoms with Gasteiger partial charge in [0.05, 0.1) is 24.5 Å². The van der Waals surface area contributed by atoms with E-state index >= 15 is 0 Å². The van der Waals surface area contributed by atoms with Gasteiger partial charge in [0.1, 0.15) is 22.8 Å². The summed E-state index contributed by atoms with van der Waals surface area (Å²) in [5.74, 6) is -0.170. The number of nitrogens with one attached hydrogen (secondary N) is 1. The zero-order valence-corrected chi connectivity index (χ0v) is 21.8. The van der Waals surface area contributed by atoms with E-state index in [1.165, 1.54) is 12.3 Å². The Morgan fingerprint density at radius 2 is 1.85 bits per heavy atom. The summed E-state index contributed by atoms with van der Waals surface area (Å²) in [5, 5.41) is 2.96. The number of fused-ring (bicyclic) bond motifs is 2. The van der Waals surface area contributed by atoms with Gasteiger partial charge in [-0.15, -0.1) is 0 Å². The minimum Gasteiger partial charge on any atom is -0.493 e. The lowest BCUT2D eigenvalue weighted by Crippen LogP contribution is -2.53. The summed E-state index contributed by atoms with van der Waals surface area (Å²) in [4.78, 5) is 27.7. The van der Waals surface area contributed by atoms with Crippen LogP contribution in [-0.4, -0.2) is 53.7 Å². The third-order valence-electron chi connectivity index (χ3n) is 7.26. The van der Waals surface area contributed by atoms with Gasteiger partial charge < -0.3 is 19.7 Å². The quantitative estimate of drug-likeness (QED) is 0.449. The number of carbonyl (C=O) groups is 1. The molecular weight excluding hydrogens is 511 g/mol. The Hall–Kier alpha value is -3.89. The fourth-order valence-corrected chi connectivity index (χ4v) is 5.34. The van der Waals surface area contributed by atoms with Crippen LogP contribution in [0.25, 0.3) is 11.3 Å². The van der Waals surface area contributed by atoms with Crippen molar-refractivity contribution < 1.29 is 27.4 Å². The molecule has 0 radical (unpaired) electrons. The Balaban J connectivity index is 1.44. The second-order valence-electron chi connectivity index (χ2n) is 9.69. The Labute approximate surface area is 224 Å². The van der Waals surface area contributed by atoms with Crippen molar-refractivity contribution in [2.45, 2.75) is 44.7 Å². The van der Waals surface area contributed by atoms with Crippen LogP contribution in [0.3, 0.4) is 0 Å². The number of aromatic nitrogens is 3. The van der Waals surface area contributed by atoms with Crippen molar-refractivity contribution in [3.05, 3.63) is 59.5 Å². The maximum absolute atomic E-state index is 14.1. The summed E-state index contributed by atoms with van der Waals surface area (Å²) in [6, 6.07) is 8.65. The van der Waals surface area contributed by atoms with E-state index in [1.54, 1.807) is 17.2 Å². The van der Waals surface area contributed by atoms with Crippen LogP contribution in [0.15, 0.2) is 42.7 Å². The summed E-state index contributed by atoms with van der Waals surface area (Å²) >= 11 is 0. The monoisotopic (exact) mass is 541 g/mol. The molecule has 1 fully saturated rings.